The first-order chi connectivity index (χ1) is 11.1. The van der Waals surface area contributed by atoms with Gasteiger partial charge >= 0.3 is 0 Å². The molecule has 0 amide bonds. The minimum Gasteiger partial charge on any atom is -0.488 e. The number of aliphatic hydroxyl groups excluding tert-OH is 1. The van der Waals surface area contributed by atoms with Crippen LogP contribution in [0.5, 0.6) is 5.75 Å². The van der Waals surface area contributed by atoms with E-state index in [0.29, 0.717) is 30.5 Å². The molecule has 2 N–H and O–H groups in total. The first-order valence-corrected chi connectivity index (χ1v) is 7.85. The highest BCUT2D eigenvalue weighted by atomic mass is 35.5. The van der Waals surface area contributed by atoms with Crippen molar-refractivity contribution in [3.05, 3.63) is 52.7 Å². The van der Waals surface area contributed by atoms with Crippen LogP contribution in [0.2, 0.25) is 5.02 Å². The molecule has 23 heavy (non-hydrogen) atoms. The standard InChI is InChI=1S/C17H22ClN3O2/c1-4-9-23-16-6-5-14(10-15(16)18)11-19-17-12(2)13(3)20-21(17)7-8-22/h4-6,10,19,22H,1,7-9,11H2,2-3H3. The Labute approximate surface area is 141 Å². The van der Waals surface area contributed by atoms with Crippen molar-refractivity contribution in [3.63, 3.8) is 0 Å². The summed E-state index contributed by atoms with van der Waals surface area (Å²) in [7, 11) is 0. The van der Waals surface area contributed by atoms with Crippen molar-refractivity contribution < 1.29 is 9.84 Å². The predicted molar refractivity (Wildman–Crippen MR) is 93.3 cm³/mol. The highest BCUT2D eigenvalue weighted by molar-refractivity contribution is 6.32. The lowest BCUT2D eigenvalue weighted by molar-refractivity contribution is 0.270. The van der Waals surface area contributed by atoms with Crippen molar-refractivity contribution in [1.29, 1.82) is 0 Å². The average molecular weight is 336 g/mol. The number of hydrogen-bond donors (Lipinski definition) is 2. The number of aromatic nitrogens is 2. The summed E-state index contributed by atoms with van der Waals surface area (Å²) in [5.41, 5.74) is 3.07. The van der Waals surface area contributed by atoms with Crippen molar-refractivity contribution in [2.24, 2.45) is 0 Å². The van der Waals surface area contributed by atoms with Gasteiger partial charge in [0.2, 0.25) is 0 Å². The molecule has 0 saturated heterocycles. The van der Waals surface area contributed by atoms with Gasteiger partial charge < -0.3 is 15.2 Å². The number of benzene rings is 1. The predicted octanol–water partition coefficient (Wildman–Crippen LogP) is 3.32. The smallest absolute Gasteiger partial charge is 0.138 e. The van der Waals surface area contributed by atoms with Gasteiger partial charge in [-0.25, -0.2) is 4.68 Å². The van der Waals surface area contributed by atoms with Gasteiger partial charge in [-0.15, -0.1) is 0 Å². The highest BCUT2D eigenvalue weighted by Gasteiger charge is 2.11. The molecule has 1 aromatic heterocycles. The molecule has 5 nitrogen and oxygen atoms in total. The van der Waals surface area contributed by atoms with E-state index in [1.807, 2.05) is 32.0 Å². The fourth-order valence-electron chi connectivity index (χ4n) is 2.26. The second-order valence-electron chi connectivity index (χ2n) is 5.22. The quantitative estimate of drug-likeness (QED) is 0.726. The molecule has 6 heteroatoms. The van der Waals surface area contributed by atoms with E-state index < -0.39 is 0 Å². The van der Waals surface area contributed by atoms with Crippen LogP contribution in [0, 0.1) is 13.8 Å². The molecular weight excluding hydrogens is 314 g/mol. The summed E-state index contributed by atoms with van der Waals surface area (Å²) in [5.74, 6) is 1.56. The monoisotopic (exact) mass is 335 g/mol. The van der Waals surface area contributed by atoms with Gasteiger partial charge in [-0.2, -0.15) is 5.10 Å². The maximum absolute atomic E-state index is 9.14. The molecule has 1 aromatic carbocycles. The summed E-state index contributed by atoms with van der Waals surface area (Å²) in [5, 5.41) is 17.5. The molecule has 0 aliphatic heterocycles. The van der Waals surface area contributed by atoms with Crippen LogP contribution in [0.15, 0.2) is 30.9 Å². The Balaban J connectivity index is 2.09. The summed E-state index contributed by atoms with van der Waals surface area (Å²) in [4.78, 5) is 0. The molecule has 0 fully saturated rings. The third-order valence-corrected chi connectivity index (χ3v) is 3.85. The van der Waals surface area contributed by atoms with Crippen molar-refractivity contribution in [1.82, 2.24) is 9.78 Å². The average Bonchev–Trinajstić information content (AvgIpc) is 2.79. The zero-order valence-corrected chi connectivity index (χ0v) is 14.2. The summed E-state index contributed by atoms with van der Waals surface area (Å²) in [6.07, 6.45) is 1.68. The minimum atomic E-state index is 0.0520. The topological polar surface area (TPSA) is 59.3 Å². The van der Waals surface area contributed by atoms with Crippen molar-refractivity contribution >= 4 is 17.4 Å². The van der Waals surface area contributed by atoms with Gasteiger partial charge in [0.15, 0.2) is 0 Å². The fraction of sp³-hybridized carbons (Fsp3) is 0.353. The molecule has 1 heterocycles. The molecule has 0 saturated carbocycles. The lowest BCUT2D eigenvalue weighted by Crippen LogP contribution is -2.11. The molecule has 0 spiro atoms. The second-order valence-corrected chi connectivity index (χ2v) is 5.63. The van der Waals surface area contributed by atoms with Crippen LogP contribution < -0.4 is 10.1 Å². The van der Waals surface area contributed by atoms with Crippen LogP contribution in [0.3, 0.4) is 0 Å². The molecule has 2 aromatic rings. The molecule has 0 radical (unpaired) electrons. The van der Waals surface area contributed by atoms with Crippen molar-refractivity contribution in [3.8, 4) is 5.75 Å². The highest BCUT2D eigenvalue weighted by Crippen LogP contribution is 2.26. The summed E-state index contributed by atoms with van der Waals surface area (Å²) in [6.45, 7) is 9.14. The first kappa shape index (κ1) is 17.4. The SMILES string of the molecule is C=CCOc1ccc(CNc2c(C)c(C)nn2CCO)cc1Cl. The molecule has 0 atom stereocenters. The maximum Gasteiger partial charge on any atom is 0.138 e. The molecule has 0 bridgehead atoms. The van der Waals surface area contributed by atoms with E-state index in [4.69, 9.17) is 21.4 Å². The zero-order chi connectivity index (χ0) is 16.8. The van der Waals surface area contributed by atoms with Gasteiger partial charge in [-0.05, 0) is 31.5 Å². The number of nitrogens with one attached hydrogen (secondary N) is 1. The van der Waals surface area contributed by atoms with Gasteiger partial charge in [0.1, 0.15) is 18.2 Å². The van der Waals surface area contributed by atoms with Gasteiger partial charge in [0.25, 0.3) is 0 Å². The summed E-state index contributed by atoms with van der Waals surface area (Å²) < 4.78 is 7.25. The third kappa shape index (κ3) is 4.27. The van der Waals surface area contributed by atoms with E-state index in [1.54, 1.807) is 10.8 Å². The molecule has 0 aliphatic rings. The van der Waals surface area contributed by atoms with Gasteiger partial charge in [0, 0.05) is 12.1 Å². The van der Waals surface area contributed by atoms with Crippen LogP contribution in [-0.2, 0) is 13.1 Å². The Kier molecular flexibility index (Phi) is 6.07. The number of anilines is 1. The Morgan fingerprint density at radius 3 is 2.87 bits per heavy atom. The number of rotatable bonds is 8. The maximum atomic E-state index is 9.14. The van der Waals surface area contributed by atoms with E-state index in [0.717, 1.165) is 22.6 Å². The van der Waals surface area contributed by atoms with Crippen LogP contribution in [-0.4, -0.2) is 28.1 Å². The first-order valence-electron chi connectivity index (χ1n) is 7.47. The van der Waals surface area contributed by atoms with Gasteiger partial charge in [-0.1, -0.05) is 30.3 Å². The van der Waals surface area contributed by atoms with E-state index in [2.05, 4.69) is 17.0 Å². The number of nitrogens with zero attached hydrogens (tertiary/aromatic N) is 2. The lowest BCUT2D eigenvalue weighted by Gasteiger charge is -2.12. The Hall–Kier alpha value is -1.98. The van der Waals surface area contributed by atoms with E-state index in [9.17, 15) is 0 Å². The Morgan fingerprint density at radius 1 is 1.43 bits per heavy atom. The summed E-state index contributed by atoms with van der Waals surface area (Å²) >= 11 is 6.23. The number of hydrogen-bond acceptors (Lipinski definition) is 4. The number of ether oxygens (including phenoxy) is 1. The molecular formula is C17H22ClN3O2. The molecule has 2 rings (SSSR count). The fourth-order valence-corrected chi connectivity index (χ4v) is 2.51. The zero-order valence-electron chi connectivity index (χ0n) is 13.5. The van der Waals surface area contributed by atoms with Crippen LogP contribution in [0.25, 0.3) is 0 Å². The normalized spacial score (nSPS) is 10.6. The van der Waals surface area contributed by atoms with E-state index in [1.165, 1.54) is 0 Å². The molecule has 124 valence electrons. The number of aliphatic hydroxyl groups is 1. The van der Waals surface area contributed by atoms with E-state index >= 15 is 0 Å². The number of aryl methyl sites for hydroxylation is 1. The lowest BCUT2D eigenvalue weighted by atomic mass is 10.2. The number of halogens is 1. The minimum absolute atomic E-state index is 0.0520. The Bertz CT molecular complexity index is 683. The largest absolute Gasteiger partial charge is 0.488 e. The van der Waals surface area contributed by atoms with Gasteiger partial charge in [0.05, 0.1) is 23.9 Å². The van der Waals surface area contributed by atoms with Gasteiger partial charge in [-0.3, -0.25) is 0 Å². The van der Waals surface area contributed by atoms with E-state index in [-0.39, 0.29) is 6.61 Å². The van der Waals surface area contributed by atoms with Crippen LogP contribution in [0.1, 0.15) is 16.8 Å². The van der Waals surface area contributed by atoms with Crippen LogP contribution >= 0.6 is 11.6 Å². The summed E-state index contributed by atoms with van der Waals surface area (Å²) in [6, 6.07) is 5.69. The second kappa shape index (κ2) is 8.04. The van der Waals surface area contributed by atoms with Crippen molar-refractivity contribution in [2.45, 2.75) is 26.9 Å². The molecule has 0 aliphatic carbocycles. The third-order valence-electron chi connectivity index (χ3n) is 3.55. The molecule has 0 unspecified atom stereocenters. The Morgan fingerprint density at radius 2 is 2.22 bits per heavy atom. The van der Waals surface area contributed by atoms with Crippen LogP contribution in [0.4, 0.5) is 5.82 Å². The van der Waals surface area contributed by atoms with Crippen molar-refractivity contribution in [2.75, 3.05) is 18.5 Å².